The second-order valence-corrected chi connectivity index (χ2v) is 13.0. The summed E-state index contributed by atoms with van der Waals surface area (Å²) in [4.78, 5) is 22.3. The van der Waals surface area contributed by atoms with Crippen LogP contribution in [0.5, 0.6) is 5.75 Å². The van der Waals surface area contributed by atoms with Crippen LogP contribution < -0.4 is 25.0 Å². The van der Waals surface area contributed by atoms with E-state index in [2.05, 4.69) is 25.9 Å². The molecule has 0 aliphatic carbocycles. The Morgan fingerprint density at radius 3 is 2.57 bits per heavy atom. The summed E-state index contributed by atoms with van der Waals surface area (Å²) in [6.45, 7) is 2.17. The summed E-state index contributed by atoms with van der Waals surface area (Å²) >= 11 is 0. The summed E-state index contributed by atoms with van der Waals surface area (Å²) in [6.07, 6.45) is -4.32. The molecule has 1 amide bonds. The molecule has 3 N–H and O–H groups in total. The molecular weight excluding hydrogens is 637 g/mol. The average Bonchev–Trinajstić information content (AvgIpc) is 2.96. The van der Waals surface area contributed by atoms with Gasteiger partial charge in [0.05, 0.1) is 36.3 Å². The lowest BCUT2D eigenvalue weighted by Crippen LogP contribution is -2.51. The van der Waals surface area contributed by atoms with Crippen molar-refractivity contribution < 1.29 is 39.9 Å². The van der Waals surface area contributed by atoms with Crippen LogP contribution in [0.4, 0.5) is 45.1 Å². The molecule has 3 aromatic rings. The summed E-state index contributed by atoms with van der Waals surface area (Å²) in [7, 11) is 0.640. The maximum absolute atomic E-state index is 15.1. The van der Waals surface area contributed by atoms with Crippen molar-refractivity contribution in [3.8, 4) is 5.75 Å². The first-order chi connectivity index (χ1) is 21.5. The van der Waals surface area contributed by atoms with Crippen molar-refractivity contribution in [2.75, 3.05) is 55.5 Å². The van der Waals surface area contributed by atoms with Gasteiger partial charge < -0.3 is 25.6 Å². The third kappa shape index (κ3) is 8.12. The molecule has 1 saturated heterocycles. The number of carbonyl (C=O) groups excluding carboxylic acids is 1. The number of ether oxygens (including phenoxy) is 1. The summed E-state index contributed by atoms with van der Waals surface area (Å²) in [5.74, 6) is -2.91. The Hall–Kier alpha value is -4.25. The number of rotatable bonds is 10. The summed E-state index contributed by atoms with van der Waals surface area (Å²) < 4.78 is 102. The molecule has 2 unspecified atom stereocenters. The minimum Gasteiger partial charge on any atom is -0.495 e. The van der Waals surface area contributed by atoms with Crippen LogP contribution in [-0.2, 0) is 22.7 Å². The largest absolute Gasteiger partial charge is 0.495 e. The van der Waals surface area contributed by atoms with Crippen molar-refractivity contribution in [1.29, 1.82) is 0 Å². The van der Waals surface area contributed by atoms with Crippen LogP contribution in [0.15, 0.2) is 36.5 Å². The molecule has 2 atom stereocenters. The van der Waals surface area contributed by atoms with Gasteiger partial charge in [-0.3, -0.25) is 9.10 Å². The Morgan fingerprint density at radius 1 is 1.22 bits per heavy atom. The van der Waals surface area contributed by atoms with Gasteiger partial charge in [-0.15, -0.1) is 0 Å². The number of likely N-dealkylation sites (tertiary alicyclic amines) is 1. The number of sulfonamides is 1. The number of benzene rings is 2. The number of amides is 1. The van der Waals surface area contributed by atoms with Crippen molar-refractivity contribution >= 4 is 39.1 Å². The fourth-order valence-electron chi connectivity index (χ4n) is 4.84. The summed E-state index contributed by atoms with van der Waals surface area (Å²) in [5.41, 5.74) is -0.349. The monoisotopic (exact) mass is 671 g/mol. The molecule has 2 heterocycles. The Bertz CT molecular complexity index is 1710. The van der Waals surface area contributed by atoms with E-state index in [4.69, 9.17) is 4.74 Å². The first kappa shape index (κ1) is 34.6. The fraction of sp³-hybridized carbons (Fsp3) is 0.414. The molecule has 1 aliphatic rings. The zero-order valence-corrected chi connectivity index (χ0v) is 26.5. The number of methoxy groups -OCH3 is 1. The van der Waals surface area contributed by atoms with Gasteiger partial charge in [0.25, 0.3) is 5.91 Å². The van der Waals surface area contributed by atoms with Gasteiger partial charge in [-0.1, -0.05) is 12.1 Å². The van der Waals surface area contributed by atoms with Gasteiger partial charge in [-0.2, -0.15) is 18.2 Å². The van der Waals surface area contributed by atoms with E-state index in [1.54, 1.807) is 37.1 Å². The lowest BCUT2D eigenvalue weighted by atomic mass is 10.0. The van der Waals surface area contributed by atoms with Gasteiger partial charge in [-0.05, 0) is 43.7 Å². The third-order valence-corrected chi connectivity index (χ3v) is 8.65. The number of halogens is 5. The highest BCUT2D eigenvalue weighted by atomic mass is 32.2. The van der Waals surface area contributed by atoms with E-state index >= 15 is 4.39 Å². The number of aryl methyl sites for hydroxylation is 1. The Balaban J connectivity index is 1.60. The first-order valence-corrected chi connectivity index (χ1v) is 15.8. The van der Waals surface area contributed by atoms with E-state index in [1.807, 2.05) is 0 Å². The van der Waals surface area contributed by atoms with Gasteiger partial charge >= 0.3 is 6.18 Å². The van der Waals surface area contributed by atoms with Gasteiger partial charge in [0, 0.05) is 38.9 Å². The number of anilines is 4. The van der Waals surface area contributed by atoms with E-state index < -0.39 is 57.1 Å². The number of aromatic nitrogens is 2. The quantitative estimate of drug-likeness (QED) is 0.268. The highest BCUT2D eigenvalue weighted by Crippen LogP contribution is 2.36. The molecule has 0 saturated carbocycles. The number of alkyl halides is 4. The highest BCUT2D eigenvalue weighted by Gasteiger charge is 2.36. The smallest absolute Gasteiger partial charge is 0.421 e. The van der Waals surface area contributed by atoms with E-state index in [0.29, 0.717) is 24.7 Å². The predicted molar refractivity (Wildman–Crippen MR) is 163 cm³/mol. The second kappa shape index (κ2) is 13.6. The van der Waals surface area contributed by atoms with Crippen molar-refractivity contribution in [3.63, 3.8) is 0 Å². The number of nitrogens with one attached hydrogen (secondary N) is 3. The van der Waals surface area contributed by atoms with Crippen LogP contribution in [0.2, 0.25) is 0 Å². The summed E-state index contributed by atoms with van der Waals surface area (Å²) in [5, 5.41) is 7.74. The van der Waals surface area contributed by atoms with Crippen LogP contribution in [-0.4, -0.2) is 82.0 Å². The molecule has 11 nitrogen and oxygen atoms in total. The number of carbonyl (C=O) groups is 1. The molecule has 0 radical (unpaired) electrons. The topological polar surface area (TPSA) is 129 Å². The molecule has 4 rings (SSSR count). The van der Waals surface area contributed by atoms with Gasteiger partial charge in [-0.25, -0.2) is 22.2 Å². The molecule has 1 aromatic heterocycles. The van der Waals surface area contributed by atoms with Gasteiger partial charge in [0.2, 0.25) is 16.0 Å². The van der Waals surface area contributed by atoms with Crippen LogP contribution in [0.3, 0.4) is 0 Å². The SMILES string of the molecule is COc1cc(C(=O)NC2CCN(C)CC2F)c(F)cc1Nc1ncc(C(F)(F)F)c(NCc2ccc(C)cc2N(C)S(C)(=O)=O)n1. The third-order valence-electron chi connectivity index (χ3n) is 7.46. The highest BCUT2D eigenvalue weighted by molar-refractivity contribution is 7.92. The van der Waals surface area contributed by atoms with Crippen molar-refractivity contribution in [2.24, 2.45) is 0 Å². The zero-order valence-electron chi connectivity index (χ0n) is 25.7. The number of piperidine rings is 1. The second-order valence-electron chi connectivity index (χ2n) is 11.0. The lowest BCUT2D eigenvalue weighted by molar-refractivity contribution is -0.137. The average molecular weight is 672 g/mol. The molecule has 17 heteroatoms. The molecule has 1 aliphatic heterocycles. The first-order valence-electron chi connectivity index (χ1n) is 14.0. The summed E-state index contributed by atoms with van der Waals surface area (Å²) in [6, 6.07) is 6.02. The van der Waals surface area contributed by atoms with Gasteiger partial charge in [0.15, 0.2) is 0 Å². The minimum atomic E-state index is -4.86. The maximum atomic E-state index is 15.1. The van der Waals surface area contributed by atoms with E-state index in [0.717, 1.165) is 28.3 Å². The molecule has 2 aromatic carbocycles. The molecule has 0 bridgehead atoms. The number of nitrogens with zero attached hydrogens (tertiary/aromatic N) is 4. The van der Waals surface area contributed by atoms with Crippen LogP contribution in [0, 0.1) is 12.7 Å². The fourth-order valence-corrected chi connectivity index (χ4v) is 5.37. The number of hydrogen-bond acceptors (Lipinski definition) is 9. The maximum Gasteiger partial charge on any atom is 0.421 e. The predicted octanol–water partition coefficient (Wildman–Crippen LogP) is 4.48. The van der Waals surface area contributed by atoms with Crippen molar-refractivity contribution in [2.45, 2.75) is 38.3 Å². The molecule has 0 spiro atoms. The van der Waals surface area contributed by atoms with Crippen molar-refractivity contribution in [3.05, 3.63) is 64.6 Å². The molecule has 1 fully saturated rings. The number of hydrogen-bond donors (Lipinski definition) is 3. The molecular formula is C29H34F5N7O4S. The Labute approximate surface area is 263 Å². The van der Waals surface area contributed by atoms with Crippen LogP contribution in [0.1, 0.15) is 33.5 Å². The normalized spacial score (nSPS) is 17.3. The standard InChI is InChI=1S/C29H34F5N7O4S/c1-16-6-7-17(24(10-16)41(3)46(5,43)44)13-35-26-19(29(32,33)34)14-36-28(39-26)38-23-12-20(30)18(11-25(23)45-4)27(42)37-22-8-9-40(2)15-21(22)31/h6-7,10-12,14,21-22H,8-9,13,15H2,1-5H3,(H,37,42)(H2,35,36,38,39). The van der Waals surface area contributed by atoms with Crippen molar-refractivity contribution in [1.82, 2.24) is 20.2 Å². The Morgan fingerprint density at radius 2 is 1.93 bits per heavy atom. The zero-order chi connectivity index (χ0) is 34.0. The minimum absolute atomic E-state index is 0.0576. The molecule has 250 valence electrons. The van der Waals surface area contributed by atoms with Crippen LogP contribution in [0.25, 0.3) is 0 Å². The van der Waals surface area contributed by atoms with Crippen LogP contribution >= 0.6 is 0 Å². The van der Waals surface area contributed by atoms with E-state index in [9.17, 15) is 30.8 Å². The molecule has 46 heavy (non-hydrogen) atoms. The lowest BCUT2D eigenvalue weighted by Gasteiger charge is -2.32. The Kier molecular flexibility index (Phi) is 10.3. The van der Waals surface area contributed by atoms with E-state index in [-0.39, 0.29) is 36.2 Å². The van der Waals surface area contributed by atoms with Gasteiger partial charge in [0.1, 0.15) is 29.1 Å². The van der Waals surface area contributed by atoms with E-state index in [1.165, 1.54) is 14.2 Å².